The fourth-order valence-electron chi connectivity index (χ4n) is 3.25. The molecule has 0 spiro atoms. The van der Waals surface area contributed by atoms with Gasteiger partial charge in [-0.05, 0) is 74.9 Å². The minimum Gasteiger partial charge on any atom is -0.492 e. The topological polar surface area (TPSA) is 86.7 Å². The van der Waals surface area contributed by atoms with E-state index in [0.29, 0.717) is 72.1 Å². The van der Waals surface area contributed by atoms with Crippen molar-refractivity contribution in [1.29, 1.82) is 0 Å². The van der Waals surface area contributed by atoms with Crippen molar-refractivity contribution >= 4 is 25.1 Å². The van der Waals surface area contributed by atoms with Gasteiger partial charge < -0.3 is 9.47 Å². The lowest BCUT2D eigenvalue weighted by molar-refractivity contribution is 0.110. The van der Waals surface area contributed by atoms with Crippen LogP contribution in [0.4, 0.5) is 0 Å². The molecule has 0 unspecified atom stereocenters. The summed E-state index contributed by atoms with van der Waals surface area (Å²) in [6.07, 6.45) is 6.03. The minimum absolute atomic E-state index is 0.330. The maximum Gasteiger partial charge on any atom is 0.153 e. The lowest BCUT2D eigenvalue weighted by Crippen LogP contribution is -2.05. The summed E-state index contributed by atoms with van der Waals surface area (Å²) in [4.78, 5) is 44.9. The zero-order valence-electron chi connectivity index (χ0n) is 17.3. The quantitative estimate of drug-likeness (QED) is 0.355. The monoisotopic (exact) mass is 410 g/mol. The van der Waals surface area contributed by atoms with Gasteiger partial charge in [0.05, 0.1) is 35.5 Å². The van der Waals surface area contributed by atoms with E-state index in [4.69, 9.17) is 9.47 Å². The van der Waals surface area contributed by atoms with Gasteiger partial charge in [0.1, 0.15) is 11.5 Å². The highest BCUT2D eigenvalue weighted by atomic mass is 16.5. The Balaban J connectivity index is 1.77. The molecule has 0 aromatic heterocycles. The zero-order valence-corrected chi connectivity index (χ0v) is 17.3. The third-order valence-corrected chi connectivity index (χ3v) is 4.62. The Morgan fingerprint density at radius 3 is 1.13 bits per heavy atom. The molecule has 0 fully saturated rings. The molecule has 0 saturated carbocycles. The number of hydrogen-bond donors (Lipinski definition) is 0. The van der Waals surface area contributed by atoms with E-state index in [1.165, 1.54) is 0 Å². The van der Waals surface area contributed by atoms with E-state index in [1.54, 1.807) is 24.3 Å². The van der Waals surface area contributed by atoms with Gasteiger partial charge in [-0.15, -0.1) is 0 Å². The number of aryl methyl sites for hydroxylation is 2. The van der Waals surface area contributed by atoms with Crippen molar-refractivity contribution in [1.82, 2.24) is 0 Å². The summed E-state index contributed by atoms with van der Waals surface area (Å²) in [5.74, 6) is 0.659. The van der Waals surface area contributed by atoms with Gasteiger partial charge in [0.25, 0.3) is 0 Å². The van der Waals surface area contributed by atoms with Gasteiger partial charge >= 0.3 is 0 Å². The smallest absolute Gasteiger partial charge is 0.153 e. The Morgan fingerprint density at radius 2 is 0.867 bits per heavy atom. The van der Waals surface area contributed by atoms with Gasteiger partial charge in [0, 0.05) is 0 Å². The van der Waals surface area contributed by atoms with Crippen LogP contribution < -0.4 is 9.47 Å². The Hall–Kier alpha value is -3.28. The third kappa shape index (κ3) is 6.11. The maximum atomic E-state index is 11.2. The first kappa shape index (κ1) is 23.0. The molecule has 2 aromatic carbocycles. The number of aldehydes is 4. The Kier molecular flexibility index (Phi) is 8.94. The molecule has 158 valence electrons. The van der Waals surface area contributed by atoms with Crippen LogP contribution in [0.1, 0.15) is 78.2 Å². The van der Waals surface area contributed by atoms with E-state index in [9.17, 15) is 19.2 Å². The number of benzene rings is 2. The average Bonchev–Trinajstić information content (AvgIpc) is 2.75. The highest BCUT2D eigenvalue weighted by molar-refractivity contribution is 5.89. The van der Waals surface area contributed by atoms with Gasteiger partial charge in [-0.2, -0.15) is 0 Å². The van der Waals surface area contributed by atoms with E-state index in [1.807, 2.05) is 13.8 Å². The SMILES string of the molecule is Cc1cc(C=O)c(OCCCCCCOc2c(C=O)cc(C)cc2C=O)c(C=O)c1. The normalized spacial score (nSPS) is 10.3. The van der Waals surface area contributed by atoms with Crippen LogP contribution in [-0.2, 0) is 0 Å². The van der Waals surface area contributed by atoms with Crippen LogP contribution >= 0.6 is 0 Å². The van der Waals surface area contributed by atoms with Crippen LogP contribution in [0.2, 0.25) is 0 Å². The van der Waals surface area contributed by atoms with Crippen LogP contribution in [0.15, 0.2) is 24.3 Å². The molecule has 0 amide bonds. The van der Waals surface area contributed by atoms with E-state index in [-0.39, 0.29) is 0 Å². The first-order valence-corrected chi connectivity index (χ1v) is 9.89. The van der Waals surface area contributed by atoms with Crippen molar-refractivity contribution in [2.45, 2.75) is 39.5 Å². The van der Waals surface area contributed by atoms with Crippen LogP contribution in [0, 0.1) is 13.8 Å². The molecule has 0 saturated heterocycles. The van der Waals surface area contributed by atoms with Gasteiger partial charge in [0.2, 0.25) is 0 Å². The fourth-order valence-corrected chi connectivity index (χ4v) is 3.25. The minimum atomic E-state index is 0.330. The molecule has 0 radical (unpaired) electrons. The Labute approximate surface area is 176 Å². The van der Waals surface area contributed by atoms with Crippen LogP contribution in [0.3, 0.4) is 0 Å². The first-order chi connectivity index (χ1) is 14.5. The van der Waals surface area contributed by atoms with E-state index < -0.39 is 0 Å². The summed E-state index contributed by atoms with van der Waals surface area (Å²) in [7, 11) is 0. The zero-order chi connectivity index (χ0) is 21.9. The molecule has 0 atom stereocenters. The van der Waals surface area contributed by atoms with Crippen LogP contribution in [0.5, 0.6) is 11.5 Å². The lowest BCUT2D eigenvalue weighted by atomic mass is 10.1. The molecule has 0 bridgehead atoms. The van der Waals surface area contributed by atoms with Crippen LogP contribution in [-0.4, -0.2) is 38.4 Å². The molecule has 2 rings (SSSR count). The molecular weight excluding hydrogens is 384 g/mol. The van der Waals surface area contributed by atoms with Crippen molar-refractivity contribution in [2.75, 3.05) is 13.2 Å². The molecule has 6 heteroatoms. The van der Waals surface area contributed by atoms with Gasteiger partial charge in [-0.25, -0.2) is 0 Å². The highest BCUT2D eigenvalue weighted by Crippen LogP contribution is 2.25. The second-order valence-electron chi connectivity index (χ2n) is 7.13. The maximum absolute atomic E-state index is 11.2. The standard InChI is InChI=1S/C24H26O6/c1-17-9-19(13-25)23(20(10-17)14-26)29-7-5-3-4-6-8-30-24-21(15-27)11-18(2)12-22(24)16-28/h9-16H,3-8H2,1-2H3. The number of unbranched alkanes of at least 4 members (excludes halogenated alkanes) is 3. The third-order valence-electron chi connectivity index (χ3n) is 4.62. The van der Waals surface area contributed by atoms with Crippen molar-refractivity contribution in [3.05, 3.63) is 57.6 Å². The Bertz CT molecular complexity index is 782. The fraction of sp³-hybridized carbons (Fsp3) is 0.333. The van der Waals surface area contributed by atoms with Crippen molar-refractivity contribution in [2.24, 2.45) is 0 Å². The lowest BCUT2D eigenvalue weighted by Gasteiger charge is -2.13. The number of carbonyl (C=O) groups excluding carboxylic acids is 4. The summed E-state index contributed by atoms with van der Waals surface area (Å²) in [6.45, 7) is 4.43. The number of carbonyl (C=O) groups is 4. The van der Waals surface area contributed by atoms with Crippen molar-refractivity contribution in [3.8, 4) is 11.5 Å². The molecule has 0 aliphatic carbocycles. The van der Waals surface area contributed by atoms with E-state index in [0.717, 1.165) is 36.8 Å². The predicted molar refractivity (Wildman–Crippen MR) is 113 cm³/mol. The molecule has 30 heavy (non-hydrogen) atoms. The summed E-state index contributed by atoms with van der Waals surface area (Å²) >= 11 is 0. The summed E-state index contributed by atoms with van der Waals surface area (Å²) in [6, 6.07) is 6.77. The summed E-state index contributed by atoms with van der Waals surface area (Å²) in [5.41, 5.74) is 3.16. The molecule has 0 aliphatic rings. The summed E-state index contributed by atoms with van der Waals surface area (Å²) < 4.78 is 11.4. The van der Waals surface area contributed by atoms with E-state index >= 15 is 0 Å². The summed E-state index contributed by atoms with van der Waals surface area (Å²) in [5, 5.41) is 0. The molecule has 6 nitrogen and oxygen atoms in total. The van der Waals surface area contributed by atoms with Gasteiger partial charge in [0.15, 0.2) is 25.1 Å². The number of ether oxygens (including phenoxy) is 2. The highest BCUT2D eigenvalue weighted by Gasteiger charge is 2.12. The molecular formula is C24H26O6. The van der Waals surface area contributed by atoms with Crippen LogP contribution in [0.25, 0.3) is 0 Å². The largest absolute Gasteiger partial charge is 0.492 e. The second-order valence-corrected chi connectivity index (χ2v) is 7.13. The number of hydrogen-bond acceptors (Lipinski definition) is 6. The molecule has 0 aliphatic heterocycles. The number of rotatable bonds is 13. The predicted octanol–water partition coefficient (Wildman–Crippen LogP) is 4.57. The average molecular weight is 410 g/mol. The van der Waals surface area contributed by atoms with Crippen molar-refractivity contribution < 1.29 is 28.7 Å². The van der Waals surface area contributed by atoms with Gasteiger partial charge in [-0.1, -0.05) is 0 Å². The second kappa shape index (κ2) is 11.7. The van der Waals surface area contributed by atoms with E-state index in [2.05, 4.69) is 0 Å². The molecule has 0 heterocycles. The van der Waals surface area contributed by atoms with Crippen molar-refractivity contribution in [3.63, 3.8) is 0 Å². The first-order valence-electron chi connectivity index (χ1n) is 9.89. The molecule has 2 aromatic rings. The molecule has 0 N–H and O–H groups in total. The van der Waals surface area contributed by atoms with Gasteiger partial charge in [-0.3, -0.25) is 19.2 Å². The Morgan fingerprint density at radius 1 is 0.567 bits per heavy atom.